The van der Waals surface area contributed by atoms with Crippen molar-refractivity contribution in [3.63, 3.8) is 0 Å². The van der Waals surface area contributed by atoms with Gasteiger partial charge in [0.1, 0.15) is 0 Å². The van der Waals surface area contributed by atoms with Crippen LogP contribution in [0.3, 0.4) is 0 Å². The van der Waals surface area contributed by atoms with Gasteiger partial charge in [-0.15, -0.1) is 0 Å². The Balaban J connectivity index is 2.09. The SMILES string of the molecule is COc1cc(Br)c(CN[C@@H](C)c2ccccc2)cc1OC. The van der Waals surface area contributed by atoms with Crippen LogP contribution in [0.15, 0.2) is 46.9 Å². The fraction of sp³-hybridized carbons (Fsp3) is 0.294. The lowest BCUT2D eigenvalue weighted by Crippen LogP contribution is -2.18. The zero-order valence-electron chi connectivity index (χ0n) is 12.5. The van der Waals surface area contributed by atoms with E-state index in [1.165, 1.54) is 5.56 Å². The summed E-state index contributed by atoms with van der Waals surface area (Å²) >= 11 is 3.58. The molecule has 21 heavy (non-hydrogen) atoms. The van der Waals surface area contributed by atoms with Gasteiger partial charge in [0, 0.05) is 17.1 Å². The molecule has 0 saturated carbocycles. The lowest BCUT2D eigenvalue weighted by atomic mass is 10.1. The van der Waals surface area contributed by atoms with Gasteiger partial charge in [0.15, 0.2) is 11.5 Å². The fourth-order valence-electron chi connectivity index (χ4n) is 2.15. The van der Waals surface area contributed by atoms with Crippen LogP contribution >= 0.6 is 15.9 Å². The second kappa shape index (κ2) is 7.48. The van der Waals surface area contributed by atoms with Gasteiger partial charge in [0.25, 0.3) is 0 Å². The Morgan fingerprint density at radius 3 is 2.29 bits per heavy atom. The molecule has 0 saturated heterocycles. The highest BCUT2D eigenvalue weighted by Gasteiger charge is 2.11. The van der Waals surface area contributed by atoms with Gasteiger partial charge in [0.2, 0.25) is 0 Å². The van der Waals surface area contributed by atoms with E-state index in [1.54, 1.807) is 14.2 Å². The van der Waals surface area contributed by atoms with Gasteiger partial charge in [0.05, 0.1) is 14.2 Å². The molecule has 1 atom stereocenters. The Bertz CT molecular complexity index is 587. The van der Waals surface area contributed by atoms with E-state index in [9.17, 15) is 0 Å². The Kier molecular flexibility index (Phi) is 5.65. The van der Waals surface area contributed by atoms with Crippen molar-refractivity contribution < 1.29 is 9.47 Å². The largest absolute Gasteiger partial charge is 0.493 e. The van der Waals surface area contributed by atoms with Crippen LogP contribution in [0.5, 0.6) is 11.5 Å². The lowest BCUT2D eigenvalue weighted by Gasteiger charge is -2.16. The van der Waals surface area contributed by atoms with Gasteiger partial charge in [-0.25, -0.2) is 0 Å². The van der Waals surface area contributed by atoms with Crippen molar-refractivity contribution in [2.45, 2.75) is 19.5 Å². The van der Waals surface area contributed by atoms with Gasteiger partial charge in [-0.3, -0.25) is 0 Å². The summed E-state index contributed by atoms with van der Waals surface area (Å²) in [6.07, 6.45) is 0. The number of ether oxygens (including phenoxy) is 2. The average molecular weight is 350 g/mol. The van der Waals surface area contributed by atoms with Crippen molar-refractivity contribution >= 4 is 15.9 Å². The zero-order valence-corrected chi connectivity index (χ0v) is 14.1. The van der Waals surface area contributed by atoms with Gasteiger partial charge in [-0.05, 0) is 30.2 Å². The molecular weight excluding hydrogens is 330 g/mol. The topological polar surface area (TPSA) is 30.5 Å². The number of rotatable bonds is 6. The molecule has 0 radical (unpaired) electrons. The highest BCUT2D eigenvalue weighted by atomic mass is 79.9. The normalized spacial score (nSPS) is 12.0. The molecule has 0 aliphatic rings. The summed E-state index contributed by atoms with van der Waals surface area (Å²) in [7, 11) is 3.29. The number of nitrogens with one attached hydrogen (secondary N) is 1. The molecule has 1 N–H and O–H groups in total. The molecule has 0 aromatic heterocycles. The molecule has 0 amide bonds. The summed E-state index contributed by atoms with van der Waals surface area (Å²) in [4.78, 5) is 0. The smallest absolute Gasteiger partial charge is 0.161 e. The number of methoxy groups -OCH3 is 2. The zero-order chi connectivity index (χ0) is 15.2. The van der Waals surface area contributed by atoms with E-state index in [2.05, 4.69) is 52.4 Å². The van der Waals surface area contributed by atoms with Gasteiger partial charge < -0.3 is 14.8 Å². The summed E-state index contributed by atoms with van der Waals surface area (Å²) in [5.74, 6) is 1.47. The molecule has 112 valence electrons. The molecular formula is C17H20BrNO2. The van der Waals surface area contributed by atoms with Crippen LogP contribution in [0.2, 0.25) is 0 Å². The number of halogens is 1. The van der Waals surface area contributed by atoms with E-state index >= 15 is 0 Å². The monoisotopic (exact) mass is 349 g/mol. The highest BCUT2D eigenvalue weighted by molar-refractivity contribution is 9.10. The number of benzene rings is 2. The van der Waals surface area contributed by atoms with Crippen molar-refractivity contribution in [2.75, 3.05) is 14.2 Å². The van der Waals surface area contributed by atoms with Crippen LogP contribution in [-0.4, -0.2) is 14.2 Å². The quantitative estimate of drug-likeness (QED) is 0.842. The summed E-state index contributed by atoms with van der Waals surface area (Å²) in [5.41, 5.74) is 2.41. The molecule has 0 aliphatic heterocycles. The summed E-state index contributed by atoms with van der Waals surface area (Å²) in [6.45, 7) is 2.90. The van der Waals surface area contributed by atoms with Crippen LogP contribution in [0.4, 0.5) is 0 Å². The minimum Gasteiger partial charge on any atom is -0.493 e. The van der Waals surface area contributed by atoms with Crippen LogP contribution in [-0.2, 0) is 6.54 Å². The van der Waals surface area contributed by atoms with Crippen molar-refractivity contribution in [1.82, 2.24) is 5.32 Å². The standard InChI is InChI=1S/C17H20BrNO2/c1-12(13-7-5-4-6-8-13)19-11-14-9-16(20-2)17(21-3)10-15(14)18/h4-10,12,19H,11H2,1-3H3/t12-/m0/s1. The maximum Gasteiger partial charge on any atom is 0.161 e. The first-order chi connectivity index (χ1) is 10.2. The molecule has 3 nitrogen and oxygen atoms in total. The molecule has 0 fully saturated rings. The molecule has 0 spiro atoms. The van der Waals surface area contributed by atoms with Crippen molar-refractivity contribution in [2.24, 2.45) is 0 Å². The third kappa shape index (κ3) is 3.99. The first-order valence-corrected chi connectivity index (χ1v) is 7.63. The van der Waals surface area contributed by atoms with E-state index in [0.717, 1.165) is 28.1 Å². The first kappa shape index (κ1) is 15.9. The van der Waals surface area contributed by atoms with Crippen molar-refractivity contribution in [3.05, 3.63) is 58.1 Å². The van der Waals surface area contributed by atoms with Gasteiger partial charge >= 0.3 is 0 Å². The van der Waals surface area contributed by atoms with Crippen molar-refractivity contribution in [1.29, 1.82) is 0 Å². The molecule has 2 rings (SSSR count). The minimum atomic E-state index is 0.284. The maximum atomic E-state index is 5.35. The summed E-state index contributed by atoms with van der Waals surface area (Å²) in [6, 6.07) is 14.6. The molecule has 0 unspecified atom stereocenters. The highest BCUT2D eigenvalue weighted by Crippen LogP contribution is 2.33. The molecule has 0 aliphatic carbocycles. The third-order valence-electron chi connectivity index (χ3n) is 3.45. The predicted octanol–water partition coefficient (Wildman–Crippen LogP) is 4.32. The Morgan fingerprint density at radius 1 is 1.05 bits per heavy atom. The molecule has 2 aromatic carbocycles. The fourth-order valence-corrected chi connectivity index (χ4v) is 2.62. The molecule has 0 heterocycles. The second-order valence-corrected chi connectivity index (χ2v) is 5.67. The third-order valence-corrected chi connectivity index (χ3v) is 4.19. The lowest BCUT2D eigenvalue weighted by molar-refractivity contribution is 0.354. The molecule has 2 aromatic rings. The van der Waals surface area contributed by atoms with E-state index in [-0.39, 0.29) is 6.04 Å². The van der Waals surface area contributed by atoms with E-state index < -0.39 is 0 Å². The second-order valence-electron chi connectivity index (χ2n) is 4.81. The maximum absolute atomic E-state index is 5.35. The van der Waals surface area contributed by atoms with E-state index in [4.69, 9.17) is 9.47 Å². The van der Waals surface area contributed by atoms with Crippen LogP contribution < -0.4 is 14.8 Å². The number of hydrogen-bond donors (Lipinski definition) is 1. The summed E-state index contributed by atoms with van der Waals surface area (Å²) < 4.78 is 11.6. The van der Waals surface area contributed by atoms with Gasteiger partial charge in [-0.1, -0.05) is 46.3 Å². The average Bonchev–Trinajstić information content (AvgIpc) is 2.53. The molecule has 0 bridgehead atoms. The van der Waals surface area contributed by atoms with Crippen LogP contribution in [0.1, 0.15) is 24.1 Å². The van der Waals surface area contributed by atoms with E-state index in [1.807, 2.05) is 18.2 Å². The van der Waals surface area contributed by atoms with Crippen LogP contribution in [0.25, 0.3) is 0 Å². The Labute approximate surface area is 134 Å². The Morgan fingerprint density at radius 2 is 1.67 bits per heavy atom. The summed E-state index contributed by atoms with van der Waals surface area (Å²) in [5, 5.41) is 3.52. The first-order valence-electron chi connectivity index (χ1n) is 6.84. The van der Waals surface area contributed by atoms with Crippen LogP contribution in [0, 0.1) is 0 Å². The van der Waals surface area contributed by atoms with Gasteiger partial charge in [-0.2, -0.15) is 0 Å². The predicted molar refractivity (Wildman–Crippen MR) is 88.9 cm³/mol. The minimum absolute atomic E-state index is 0.284. The Hall–Kier alpha value is -1.52. The van der Waals surface area contributed by atoms with Crippen molar-refractivity contribution in [3.8, 4) is 11.5 Å². The van der Waals surface area contributed by atoms with E-state index in [0.29, 0.717) is 0 Å². The number of hydrogen-bond acceptors (Lipinski definition) is 3. The molecule has 4 heteroatoms.